The van der Waals surface area contributed by atoms with Gasteiger partial charge >= 0.3 is 0 Å². The Labute approximate surface area is 260 Å². The minimum atomic E-state index is -0.216. The van der Waals surface area contributed by atoms with Gasteiger partial charge in [0.1, 0.15) is 5.75 Å². The number of aromatic nitrogens is 2. The van der Waals surface area contributed by atoms with Crippen LogP contribution in [0.1, 0.15) is 34.7 Å². The number of allylic oxidation sites excluding steroid dienone is 1. The summed E-state index contributed by atoms with van der Waals surface area (Å²) in [6.07, 6.45) is 3.82. The first-order chi connectivity index (χ1) is 21.1. The molecule has 0 fully saturated rings. The maximum Gasteiger partial charge on any atom is 0.271 e. The van der Waals surface area contributed by atoms with Gasteiger partial charge in [0.15, 0.2) is 4.80 Å². The van der Waals surface area contributed by atoms with Crippen LogP contribution in [-0.2, 0) is 6.42 Å². The number of rotatable bonds is 4. The molecular formula is C36H26BrN3O2S. The number of benzene rings is 4. The van der Waals surface area contributed by atoms with Crippen LogP contribution in [0.3, 0.4) is 0 Å². The van der Waals surface area contributed by atoms with E-state index in [1.54, 1.807) is 7.11 Å². The van der Waals surface area contributed by atoms with E-state index in [9.17, 15) is 4.79 Å². The van der Waals surface area contributed by atoms with Gasteiger partial charge in [0.25, 0.3) is 5.56 Å². The second kappa shape index (κ2) is 10.4. The molecule has 0 bridgehead atoms. The number of thiazole rings is 1. The second-order valence-corrected chi connectivity index (χ2v) is 12.8. The summed E-state index contributed by atoms with van der Waals surface area (Å²) in [5, 5.41) is 1.00. The number of H-pyrrole nitrogens is 1. The quantitative estimate of drug-likeness (QED) is 0.220. The van der Waals surface area contributed by atoms with E-state index in [1.165, 1.54) is 28.0 Å². The van der Waals surface area contributed by atoms with Crippen molar-refractivity contribution in [3.05, 3.63) is 149 Å². The fraction of sp³-hybridized carbons (Fsp3) is 0.111. The molecule has 1 aliphatic carbocycles. The molecule has 4 aromatic carbocycles. The number of aromatic amines is 1. The summed E-state index contributed by atoms with van der Waals surface area (Å²) in [7, 11) is 1.68. The highest BCUT2D eigenvalue weighted by Crippen LogP contribution is 2.41. The van der Waals surface area contributed by atoms with Crippen LogP contribution in [0.25, 0.3) is 33.9 Å². The number of halogens is 1. The average molecular weight is 645 g/mol. The van der Waals surface area contributed by atoms with E-state index in [1.807, 2.05) is 53.1 Å². The largest absolute Gasteiger partial charge is 0.495 e. The minimum absolute atomic E-state index is 0.0293. The van der Waals surface area contributed by atoms with Crippen LogP contribution in [0.4, 0.5) is 0 Å². The highest BCUT2D eigenvalue weighted by atomic mass is 79.9. The van der Waals surface area contributed by atoms with Gasteiger partial charge in [-0.15, -0.1) is 0 Å². The van der Waals surface area contributed by atoms with E-state index < -0.39 is 0 Å². The number of para-hydroxylation sites is 1. The molecule has 8 rings (SSSR count). The Balaban J connectivity index is 1.41. The van der Waals surface area contributed by atoms with Gasteiger partial charge < -0.3 is 9.72 Å². The molecule has 0 amide bonds. The maximum atomic E-state index is 14.4. The number of aryl methyl sites for hydroxylation is 1. The first kappa shape index (κ1) is 26.2. The standard InChI is InChI=1S/C36H26BrN3O2S/c1-42-29-13-7-12-26-28(31(38-33(26)29)22-9-3-2-4-10-22)20-30-35(41)40-34(23-14-17-24(37)18-15-23)27-19-16-21-8-5-6-11-25(21)32(27)39-36(40)43-30/h2-15,17-18,20,34,38H,16,19H2,1H3/b30-20+/t34-/m1/s1. The predicted molar refractivity (Wildman–Crippen MR) is 177 cm³/mol. The zero-order valence-corrected chi connectivity index (χ0v) is 25.7. The van der Waals surface area contributed by atoms with Gasteiger partial charge in [-0.25, -0.2) is 4.99 Å². The van der Waals surface area contributed by atoms with Crippen LogP contribution in [0.5, 0.6) is 5.75 Å². The second-order valence-electron chi connectivity index (χ2n) is 10.8. The van der Waals surface area contributed by atoms with E-state index in [-0.39, 0.29) is 11.6 Å². The Hall–Kier alpha value is -4.46. The van der Waals surface area contributed by atoms with Crippen LogP contribution in [0.15, 0.2) is 117 Å². The number of methoxy groups -OCH3 is 1. The molecule has 1 N–H and O–H groups in total. The fourth-order valence-corrected chi connectivity index (χ4v) is 7.71. The van der Waals surface area contributed by atoms with Crippen molar-refractivity contribution in [1.82, 2.24) is 9.55 Å². The Bertz CT molecular complexity index is 2260. The van der Waals surface area contributed by atoms with Gasteiger partial charge in [-0.05, 0) is 59.4 Å². The molecule has 2 aliphatic rings. The van der Waals surface area contributed by atoms with E-state index in [0.717, 1.165) is 66.8 Å². The molecule has 1 atom stereocenters. The van der Waals surface area contributed by atoms with E-state index >= 15 is 0 Å². The lowest BCUT2D eigenvalue weighted by atomic mass is 9.83. The third kappa shape index (κ3) is 4.26. The topological polar surface area (TPSA) is 59.4 Å². The van der Waals surface area contributed by atoms with Gasteiger partial charge in [0, 0.05) is 21.0 Å². The summed E-state index contributed by atoms with van der Waals surface area (Å²) < 4.78 is 9.26. The van der Waals surface area contributed by atoms with Crippen molar-refractivity contribution in [2.24, 2.45) is 4.99 Å². The molecule has 210 valence electrons. The summed E-state index contributed by atoms with van der Waals surface area (Å²) in [5.41, 5.74) is 9.58. The first-order valence-electron chi connectivity index (χ1n) is 14.2. The SMILES string of the molecule is COc1cccc2c(/C=c3/sc4n(c3=O)[C@H](c3ccc(Br)cc3)C3=C(N=4)c4ccccc4CC3)c(-c3ccccc3)[nH]c12. The lowest BCUT2D eigenvalue weighted by Gasteiger charge is -2.30. The number of nitrogens with zero attached hydrogens (tertiary/aromatic N) is 2. The lowest BCUT2D eigenvalue weighted by molar-refractivity contribution is 0.419. The van der Waals surface area contributed by atoms with Crippen LogP contribution >= 0.6 is 27.3 Å². The number of hydrogen-bond acceptors (Lipinski definition) is 4. The van der Waals surface area contributed by atoms with E-state index in [4.69, 9.17) is 9.73 Å². The summed E-state index contributed by atoms with van der Waals surface area (Å²) in [6, 6.07) is 32.8. The monoisotopic (exact) mass is 643 g/mol. The molecule has 2 aromatic heterocycles. The van der Waals surface area contributed by atoms with E-state index in [2.05, 4.69) is 75.5 Å². The molecule has 43 heavy (non-hydrogen) atoms. The minimum Gasteiger partial charge on any atom is -0.495 e. The molecule has 3 heterocycles. The molecule has 7 heteroatoms. The number of ether oxygens (including phenoxy) is 1. The van der Waals surface area contributed by atoms with Gasteiger partial charge in [-0.1, -0.05) is 106 Å². The molecule has 6 aromatic rings. The molecule has 0 spiro atoms. The van der Waals surface area contributed by atoms with Crippen molar-refractivity contribution in [2.75, 3.05) is 7.11 Å². The molecule has 1 aliphatic heterocycles. The van der Waals surface area contributed by atoms with Crippen molar-refractivity contribution in [3.63, 3.8) is 0 Å². The van der Waals surface area contributed by atoms with Gasteiger partial charge in [0.2, 0.25) is 0 Å². The zero-order valence-electron chi connectivity index (χ0n) is 23.3. The predicted octanol–water partition coefficient (Wildman–Crippen LogP) is 7.24. The van der Waals surface area contributed by atoms with Crippen LogP contribution < -0.4 is 19.6 Å². The lowest BCUT2D eigenvalue weighted by Crippen LogP contribution is -2.38. The number of hydrogen-bond donors (Lipinski definition) is 1. The fourth-order valence-electron chi connectivity index (χ4n) is 6.46. The summed E-state index contributed by atoms with van der Waals surface area (Å²) in [4.78, 5) is 23.9. The van der Waals surface area contributed by atoms with Crippen molar-refractivity contribution in [1.29, 1.82) is 0 Å². The molecule has 0 radical (unpaired) electrons. The first-order valence-corrected chi connectivity index (χ1v) is 15.8. The average Bonchev–Trinajstić information content (AvgIpc) is 3.58. The Morgan fingerprint density at radius 1 is 0.953 bits per heavy atom. The highest BCUT2D eigenvalue weighted by Gasteiger charge is 2.32. The van der Waals surface area contributed by atoms with Gasteiger partial charge in [-0.2, -0.15) is 0 Å². The summed E-state index contributed by atoms with van der Waals surface area (Å²) in [5.74, 6) is 0.761. The van der Waals surface area contributed by atoms with E-state index in [0.29, 0.717) is 4.53 Å². The molecule has 0 unspecified atom stereocenters. The number of fused-ring (bicyclic) bond motifs is 4. The Morgan fingerprint density at radius 2 is 1.74 bits per heavy atom. The Morgan fingerprint density at radius 3 is 2.56 bits per heavy atom. The Kier molecular flexibility index (Phi) is 6.31. The smallest absolute Gasteiger partial charge is 0.271 e. The number of nitrogens with one attached hydrogen (secondary N) is 1. The third-order valence-electron chi connectivity index (χ3n) is 8.45. The van der Waals surface area contributed by atoms with Crippen LogP contribution in [0.2, 0.25) is 0 Å². The molecular weight excluding hydrogens is 618 g/mol. The summed E-state index contributed by atoms with van der Waals surface area (Å²) >= 11 is 5.04. The summed E-state index contributed by atoms with van der Waals surface area (Å²) in [6.45, 7) is 0. The molecule has 0 saturated heterocycles. The van der Waals surface area contributed by atoms with Crippen molar-refractivity contribution < 1.29 is 4.74 Å². The maximum absolute atomic E-state index is 14.4. The molecule has 5 nitrogen and oxygen atoms in total. The van der Waals surface area contributed by atoms with Crippen molar-refractivity contribution >= 4 is 49.9 Å². The van der Waals surface area contributed by atoms with Crippen LogP contribution in [-0.4, -0.2) is 16.7 Å². The van der Waals surface area contributed by atoms with Gasteiger partial charge in [-0.3, -0.25) is 9.36 Å². The van der Waals surface area contributed by atoms with Crippen molar-refractivity contribution in [2.45, 2.75) is 18.9 Å². The third-order valence-corrected chi connectivity index (χ3v) is 9.96. The highest BCUT2D eigenvalue weighted by molar-refractivity contribution is 9.10. The normalized spacial score (nSPS) is 16.0. The van der Waals surface area contributed by atoms with Crippen molar-refractivity contribution in [3.8, 4) is 17.0 Å². The van der Waals surface area contributed by atoms with Crippen LogP contribution in [0, 0.1) is 0 Å². The van der Waals surface area contributed by atoms with Gasteiger partial charge in [0.05, 0.1) is 34.6 Å². The molecule has 0 saturated carbocycles. The zero-order chi connectivity index (χ0) is 29.1.